The molecule has 0 saturated carbocycles. The summed E-state index contributed by atoms with van der Waals surface area (Å²) in [6.07, 6.45) is 2.11. The first kappa shape index (κ1) is 17.4. The Morgan fingerprint density at radius 2 is 2.28 bits per heavy atom. The van der Waals surface area contributed by atoms with Crippen LogP contribution in [0.5, 0.6) is 5.75 Å². The highest BCUT2D eigenvalue weighted by Crippen LogP contribution is 2.28. The van der Waals surface area contributed by atoms with E-state index in [2.05, 4.69) is 10.2 Å². The maximum Gasteiger partial charge on any atom is 0.257 e. The van der Waals surface area contributed by atoms with Gasteiger partial charge in [0.2, 0.25) is 0 Å². The van der Waals surface area contributed by atoms with Crippen molar-refractivity contribution in [3.05, 3.63) is 36.0 Å². The van der Waals surface area contributed by atoms with Gasteiger partial charge in [-0.1, -0.05) is 12.1 Å². The summed E-state index contributed by atoms with van der Waals surface area (Å²) in [4.78, 5) is 16.6. The van der Waals surface area contributed by atoms with Crippen LogP contribution in [0.3, 0.4) is 0 Å². The van der Waals surface area contributed by atoms with Gasteiger partial charge in [-0.3, -0.25) is 9.89 Å². The number of amides is 1. The van der Waals surface area contributed by atoms with Crippen LogP contribution < -0.4 is 4.74 Å². The number of hydrogen-bond acceptors (Lipinski definition) is 5. The van der Waals surface area contributed by atoms with Gasteiger partial charge < -0.3 is 19.6 Å². The number of carbonyl (C=O) groups is 1. The third-order valence-electron chi connectivity index (χ3n) is 4.46. The second-order valence-corrected chi connectivity index (χ2v) is 6.83. The number of H-pyrrole nitrogens is 1. The van der Waals surface area contributed by atoms with E-state index in [0.717, 1.165) is 5.56 Å². The third kappa shape index (κ3) is 3.67. The van der Waals surface area contributed by atoms with Gasteiger partial charge in [-0.2, -0.15) is 5.10 Å². The number of benzene rings is 1. The third-order valence-corrected chi connectivity index (χ3v) is 4.46. The lowest BCUT2D eigenvalue weighted by atomic mass is 10.0. The van der Waals surface area contributed by atoms with Gasteiger partial charge in [0, 0.05) is 18.7 Å². The molecule has 1 aromatic heterocycles. The van der Waals surface area contributed by atoms with Crippen molar-refractivity contribution < 1.29 is 14.6 Å². The Hall–Kier alpha value is -2.38. The number of likely N-dealkylation sites (tertiary alicyclic amines) is 1. The summed E-state index contributed by atoms with van der Waals surface area (Å²) in [5.41, 5.74) is 1.14. The molecular weight excluding hydrogens is 320 g/mol. The van der Waals surface area contributed by atoms with Gasteiger partial charge in [0.15, 0.2) is 0 Å². The molecule has 2 N–H and O–H groups in total. The predicted molar refractivity (Wildman–Crippen MR) is 94.6 cm³/mol. The molecule has 1 aromatic carbocycles. The molecule has 25 heavy (non-hydrogen) atoms. The molecule has 0 aliphatic carbocycles. The van der Waals surface area contributed by atoms with E-state index in [-0.39, 0.29) is 5.91 Å². The number of nitrogens with one attached hydrogen (secondary N) is 1. The number of nitrogens with zero attached hydrogens (tertiary/aromatic N) is 3. The largest absolute Gasteiger partial charge is 0.497 e. The molecule has 2 heterocycles. The Labute approximate surface area is 147 Å². The van der Waals surface area contributed by atoms with E-state index < -0.39 is 5.60 Å². The number of rotatable bonds is 5. The van der Waals surface area contributed by atoms with Crippen LogP contribution >= 0.6 is 0 Å². The first-order valence-electron chi connectivity index (χ1n) is 8.26. The molecular formula is C18H24N4O3. The van der Waals surface area contributed by atoms with Crippen molar-refractivity contribution in [3.63, 3.8) is 0 Å². The summed E-state index contributed by atoms with van der Waals surface area (Å²) in [6.45, 7) is 1.39. The molecule has 0 bridgehead atoms. The summed E-state index contributed by atoms with van der Waals surface area (Å²) in [6, 6.07) is 7.48. The van der Waals surface area contributed by atoms with Gasteiger partial charge in [-0.15, -0.1) is 0 Å². The minimum Gasteiger partial charge on any atom is -0.497 e. The Morgan fingerprint density at radius 3 is 3.00 bits per heavy atom. The molecule has 1 aliphatic rings. The molecule has 1 fully saturated rings. The second kappa shape index (κ2) is 6.85. The van der Waals surface area contributed by atoms with Crippen molar-refractivity contribution in [3.8, 4) is 17.0 Å². The molecule has 1 unspecified atom stereocenters. The highest BCUT2D eigenvalue weighted by Gasteiger charge is 2.39. The van der Waals surface area contributed by atoms with E-state index in [1.165, 1.54) is 0 Å². The van der Waals surface area contributed by atoms with E-state index in [0.29, 0.717) is 43.1 Å². The number of hydrogen-bond donors (Lipinski definition) is 2. The fraction of sp³-hybridized carbons (Fsp3) is 0.444. The van der Waals surface area contributed by atoms with E-state index in [1.807, 2.05) is 43.3 Å². The molecule has 1 saturated heterocycles. The summed E-state index contributed by atoms with van der Waals surface area (Å²) >= 11 is 0. The number of aromatic amines is 1. The Bertz CT molecular complexity index is 758. The van der Waals surface area contributed by atoms with Gasteiger partial charge in [0.1, 0.15) is 5.75 Å². The molecule has 3 rings (SSSR count). The van der Waals surface area contributed by atoms with Crippen LogP contribution in [0, 0.1) is 0 Å². The number of ether oxygens (including phenoxy) is 1. The normalized spacial score (nSPS) is 20.3. The summed E-state index contributed by atoms with van der Waals surface area (Å²) in [5, 5.41) is 17.6. The van der Waals surface area contributed by atoms with Crippen molar-refractivity contribution in [2.75, 3.05) is 40.8 Å². The highest BCUT2D eigenvalue weighted by molar-refractivity contribution is 6.00. The van der Waals surface area contributed by atoms with Crippen LogP contribution in [-0.4, -0.2) is 77.5 Å². The lowest BCUT2D eigenvalue weighted by Gasteiger charge is -2.26. The van der Waals surface area contributed by atoms with E-state index in [4.69, 9.17) is 4.74 Å². The van der Waals surface area contributed by atoms with E-state index >= 15 is 0 Å². The zero-order valence-corrected chi connectivity index (χ0v) is 14.8. The average Bonchev–Trinajstić information content (AvgIpc) is 3.20. The molecule has 7 heteroatoms. The van der Waals surface area contributed by atoms with Crippen molar-refractivity contribution in [2.45, 2.75) is 12.0 Å². The molecule has 7 nitrogen and oxygen atoms in total. The van der Waals surface area contributed by atoms with Crippen LogP contribution in [0.4, 0.5) is 0 Å². The van der Waals surface area contributed by atoms with E-state index in [9.17, 15) is 9.90 Å². The topological polar surface area (TPSA) is 81.7 Å². The standard InChI is InChI=1S/C18H24N4O3/c1-21(2)11-18(24)7-8-22(12-18)17(23)15-10-19-20-16(15)13-5-4-6-14(9-13)25-3/h4-6,9-10,24H,7-8,11-12H2,1-3H3,(H,19,20). The zero-order valence-electron chi connectivity index (χ0n) is 14.8. The van der Waals surface area contributed by atoms with Crippen LogP contribution in [-0.2, 0) is 0 Å². The first-order valence-corrected chi connectivity index (χ1v) is 8.26. The van der Waals surface area contributed by atoms with Crippen molar-refractivity contribution in [2.24, 2.45) is 0 Å². The lowest BCUT2D eigenvalue weighted by Crippen LogP contribution is -2.43. The minimum atomic E-state index is -0.862. The molecule has 134 valence electrons. The Kier molecular flexibility index (Phi) is 4.78. The number of likely N-dealkylation sites (N-methyl/N-ethyl adjacent to an activating group) is 1. The monoisotopic (exact) mass is 344 g/mol. The quantitative estimate of drug-likeness (QED) is 0.852. The molecule has 1 aliphatic heterocycles. The summed E-state index contributed by atoms with van der Waals surface area (Å²) in [7, 11) is 5.44. The number of β-amino-alcohol motifs (C(OH)–C–C–N with tert-alkyl or cyclic N) is 1. The van der Waals surface area contributed by atoms with Gasteiger partial charge in [0.25, 0.3) is 5.91 Å². The second-order valence-electron chi connectivity index (χ2n) is 6.83. The first-order chi connectivity index (χ1) is 11.9. The fourth-order valence-electron chi connectivity index (χ4n) is 3.36. The smallest absolute Gasteiger partial charge is 0.257 e. The SMILES string of the molecule is COc1cccc(-c2[nH]ncc2C(=O)N2CCC(O)(CN(C)C)C2)c1. The molecule has 0 radical (unpaired) electrons. The molecule has 1 amide bonds. The lowest BCUT2D eigenvalue weighted by molar-refractivity contribution is 0.0236. The van der Waals surface area contributed by atoms with Gasteiger partial charge >= 0.3 is 0 Å². The van der Waals surface area contributed by atoms with Crippen LogP contribution in [0.1, 0.15) is 16.8 Å². The highest BCUT2D eigenvalue weighted by atomic mass is 16.5. The predicted octanol–water partition coefficient (Wildman–Crippen LogP) is 1.22. The van der Waals surface area contributed by atoms with Crippen molar-refractivity contribution >= 4 is 5.91 Å². The average molecular weight is 344 g/mol. The van der Waals surface area contributed by atoms with Crippen molar-refractivity contribution in [1.29, 1.82) is 0 Å². The van der Waals surface area contributed by atoms with Crippen molar-refractivity contribution in [1.82, 2.24) is 20.0 Å². The number of aliphatic hydroxyl groups is 1. The van der Waals surface area contributed by atoms with Crippen LogP contribution in [0.2, 0.25) is 0 Å². The van der Waals surface area contributed by atoms with Gasteiger partial charge in [0.05, 0.1) is 36.7 Å². The maximum absolute atomic E-state index is 12.9. The van der Waals surface area contributed by atoms with Crippen LogP contribution in [0.15, 0.2) is 30.5 Å². The molecule has 0 spiro atoms. The summed E-state index contributed by atoms with van der Waals surface area (Å²) < 4.78 is 5.25. The minimum absolute atomic E-state index is 0.124. The number of methoxy groups -OCH3 is 1. The molecule has 1 atom stereocenters. The number of aromatic nitrogens is 2. The Morgan fingerprint density at radius 1 is 1.48 bits per heavy atom. The fourth-order valence-corrected chi connectivity index (χ4v) is 3.36. The van der Waals surface area contributed by atoms with E-state index in [1.54, 1.807) is 18.2 Å². The summed E-state index contributed by atoms with van der Waals surface area (Å²) in [5.74, 6) is 0.591. The van der Waals surface area contributed by atoms with Gasteiger partial charge in [-0.25, -0.2) is 0 Å². The number of carbonyl (C=O) groups excluding carboxylic acids is 1. The zero-order chi connectivity index (χ0) is 18.0. The Balaban J connectivity index is 1.82. The maximum atomic E-state index is 12.9. The van der Waals surface area contributed by atoms with Gasteiger partial charge in [-0.05, 0) is 32.6 Å². The molecule has 2 aromatic rings. The van der Waals surface area contributed by atoms with Crippen LogP contribution in [0.25, 0.3) is 11.3 Å².